The minimum absolute atomic E-state index is 0. The van der Waals surface area contributed by atoms with Gasteiger partial charge in [0.25, 0.3) is 0 Å². The maximum atomic E-state index is 10.8. The summed E-state index contributed by atoms with van der Waals surface area (Å²) in [7, 11) is 0. The van der Waals surface area contributed by atoms with Crippen molar-refractivity contribution in [3.05, 3.63) is 45.4 Å². The molecule has 12 heteroatoms. The van der Waals surface area contributed by atoms with Crippen LogP contribution in [0.3, 0.4) is 0 Å². The summed E-state index contributed by atoms with van der Waals surface area (Å²) in [5.74, 6) is 3.57. The molecule has 0 aliphatic heterocycles. The molecule has 0 aliphatic rings. The Labute approximate surface area is 226 Å². The third-order valence-electron chi connectivity index (χ3n) is 3.37. The van der Waals surface area contributed by atoms with Crippen molar-refractivity contribution in [3.8, 4) is 11.5 Å². The zero-order valence-corrected chi connectivity index (χ0v) is 21.3. The second-order valence-electron chi connectivity index (χ2n) is 5.30. The van der Waals surface area contributed by atoms with Gasteiger partial charge in [-0.3, -0.25) is 5.84 Å². The van der Waals surface area contributed by atoms with E-state index < -0.39 is 11.9 Å². The molecule has 0 fully saturated rings. The number of carbonyl (C=O) groups excluding carboxylic acids is 1. The number of hydrogen-bond donors (Lipinski definition) is 4. The van der Waals surface area contributed by atoms with Crippen molar-refractivity contribution in [2.75, 3.05) is 24.4 Å². The van der Waals surface area contributed by atoms with E-state index in [1.807, 2.05) is 0 Å². The number of rotatable bonds is 7. The fourth-order valence-electron chi connectivity index (χ4n) is 2.12. The fourth-order valence-corrected chi connectivity index (χ4v) is 2.58. The Kier molecular flexibility index (Phi) is 13.4. The fraction of sp³-hybridized carbons (Fsp3) is 0.222. The van der Waals surface area contributed by atoms with Crippen LogP contribution in [-0.2, 0) is 0 Å². The number of hydrogen-bond acceptors (Lipinski definition) is 8. The van der Waals surface area contributed by atoms with Crippen molar-refractivity contribution in [3.63, 3.8) is 0 Å². The molecule has 2 rings (SSSR count). The van der Waals surface area contributed by atoms with E-state index >= 15 is 0 Å². The summed E-state index contributed by atoms with van der Waals surface area (Å²) in [4.78, 5) is 21.3. The predicted octanol–water partition coefficient (Wildman–Crippen LogP) is -0.589. The Hall–Kier alpha value is -1.24. The third kappa shape index (κ3) is 8.12. The Morgan fingerprint density at radius 1 is 1.03 bits per heavy atom. The average Bonchev–Trinajstić information content (AvgIpc) is 2.65. The standard InChI is InChI=1S/C9H11ClN2O3.C9H10ClNO3.K/c1-2-15-8-4-6(10)5(9(13)14)3-7(8)12-11;1-2-14-8-4-6(10)5(9(12)13)3-7(8)11;/h3-4,12H,2,11H2,1H3,(H,13,14);3-4H,2,11H2,1H3,(H,12,13);/q;;+1/p-1. The SMILES string of the molecule is CCOc1cc(Cl)c(C(=O)O)cc1NN.CCOc1cc(Cl)c(C(=O)[O-])cc1N.[K+]. The van der Waals surface area contributed by atoms with Crippen molar-refractivity contribution < 1.29 is 80.7 Å². The first kappa shape index (κ1) is 28.8. The average molecular weight is 484 g/mol. The van der Waals surface area contributed by atoms with Crippen LogP contribution < -0.4 is 83.0 Å². The van der Waals surface area contributed by atoms with Gasteiger partial charge < -0.3 is 35.6 Å². The number of carboxylic acid groups (broad SMARTS) is 2. The summed E-state index contributed by atoms with van der Waals surface area (Å²) in [6, 6.07) is 5.34. The van der Waals surface area contributed by atoms with Gasteiger partial charge in [0.2, 0.25) is 0 Å². The number of hydrazine groups is 1. The summed E-state index contributed by atoms with van der Waals surface area (Å²) < 4.78 is 10.4. The van der Waals surface area contributed by atoms with Gasteiger partial charge in [-0.1, -0.05) is 23.2 Å². The Bertz CT molecular complexity index is 899. The van der Waals surface area contributed by atoms with Crippen LogP contribution in [0.15, 0.2) is 24.3 Å². The zero-order valence-electron chi connectivity index (χ0n) is 16.6. The van der Waals surface area contributed by atoms with E-state index in [1.54, 1.807) is 13.8 Å². The summed E-state index contributed by atoms with van der Waals surface area (Å²) in [5.41, 5.74) is 8.36. The van der Waals surface area contributed by atoms with Crippen molar-refractivity contribution in [1.82, 2.24) is 0 Å². The molecular formula is C18H20Cl2KN3O6. The maximum Gasteiger partial charge on any atom is 1.00 e. The van der Waals surface area contributed by atoms with E-state index in [-0.39, 0.29) is 78.2 Å². The molecule has 0 bridgehead atoms. The molecule has 2 aromatic rings. The number of aromatic carboxylic acids is 2. The van der Waals surface area contributed by atoms with E-state index in [0.717, 1.165) is 0 Å². The molecule has 6 N–H and O–H groups in total. The van der Waals surface area contributed by atoms with Gasteiger partial charge in [0.15, 0.2) is 0 Å². The van der Waals surface area contributed by atoms with Gasteiger partial charge in [0.05, 0.1) is 46.2 Å². The maximum absolute atomic E-state index is 10.8. The Morgan fingerprint density at radius 2 is 1.53 bits per heavy atom. The molecule has 0 heterocycles. The third-order valence-corrected chi connectivity index (χ3v) is 4.00. The molecule has 0 atom stereocenters. The molecule has 9 nitrogen and oxygen atoms in total. The second-order valence-corrected chi connectivity index (χ2v) is 6.12. The molecule has 0 aromatic heterocycles. The van der Waals surface area contributed by atoms with Crippen LogP contribution in [0.2, 0.25) is 10.0 Å². The molecule has 0 spiro atoms. The number of carbonyl (C=O) groups is 2. The van der Waals surface area contributed by atoms with E-state index in [4.69, 9.17) is 49.4 Å². The van der Waals surface area contributed by atoms with Gasteiger partial charge >= 0.3 is 57.4 Å². The van der Waals surface area contributed by atoms with Crippen LogP contribution in [0.5, 0.6) is 11.5 Å². The number of carboxylic acids is 2. The van der Waals surface area contributed by atoms with Crippen molar-refractivity contribution >= 4 is 46.5 Å². The van der Waals surface area contributed by atoms with Crippen LogP contribution >= 0.6 is 23.2 Å². The first-order chi connectivity index (χ1) is 13.7. The van der Waals surface area contributed by atoms with Crippen LogP contribution in [-0.4, -0.2) is 30.3 Å². The first-order valence-corrected chi connectivity index (χ1v) is 9.01. The van der Waals surface area contributed by atoms with Crippen LogP contribution in [0.1, 0.15) is 34.6 Å². The molecule has 0 saturated carbocycles. The molecule has 0 radical (unpaired) electrons. The zero-order chi connectivity index (χ0) is 22.1. The minimum atomic E-state index is -1.36. The summed E-state index contributed by atoms with van der Waals surface area (Å²) >= 11 is 11.4. The van der Waals surface area contributed by atoms with Crippen molar-refractivity contribution in [2.24, 2.45) is 5.84 Å². The molecule has 0 saturated heterocycles. The number of anilines is 2. The number of ether oxygens (including phenoxy) is 2. The largest absolute Gasteiger partial charge is 1.00 e. The predicted molar refractivity (Wildman–Crippen MR) is 109 cm³/mol. The molecule has 158 valence electrons. The number of halogens is 2. The quantitative estimate of drug-likeness (QED) is 0.174. The normalized spacial score (nSPS) is 9.50. The second kappa shape index (κ2) is 13.9. The van der Waals surface area contributed by atoms with Gasteiger partial charge in [0.1, 0.15) is 11.5 Å². The van der Waals surface area contributed by atoms with Crippen LogP contribution in [0.25, 0.3) is 0 Å². The van der Waals surface area contributed by atoms with E-state index in [0.29, 0.717) is 30.4 Å². The molecule has 30 heavy (non-hydrogen) atoms. The number of nitrogen functional groups attached to an aromatic ring is 2. The molecule has 0 aliphatic carbocycles. The Morgan fingerprint density at radius 3 is 2.00 bits per heavy atom. The van der Waals surface area contributed by atoms with Crippen molar-refractivity contribution in [1.29, 1.82) is 0 Å². The molecular weight excluding hydrogens is 464 g/mol. The van der Waals surface area contributed by atoms with Gasteiger partial charge in [0, 0.05) is 17.7 Å². The van der Waals surface area contributed by atoms with Gasteiger partial charge in [-0.25, -0.2) is 4.79 Å². The number of benzene rings is 2. The monoisotopic (exact) mass is 483 g/mol. The van der Waals surface area contributed by atoms with Gasteiger partial charge in [-0.2, -0.15) is 0 Å². The molecule has 2 aromatic carbocycles. The topological polar surface area (TPSA) is 160 Å². The summed E-state index contributed by atoms with van der Waals surface area (Å²) in [5, 5.41) is 19.5. The van der Waals surface area contributed by atoms with E-state index in [1.165, 1.54) is 24.3 Å². The summed E-state index contributed by atoms with van der Waals surface area (Å²) in [6.07, 6.45) is 0. The van der Waals surface area contributed by atoms with Crippen LogP contribution in [0.4, 0.5) is 11.4 Å². The number of nitrogens with two attached hydrogens (primary N) is 2. The van der Waals surface area contributed by atoms with E-state index in [9.17, 15) is 14.7 Å². The molecule has 0 amide bonds. The van der Waals surface area contributed by atoms with E-state index in [2.05, 4.69) is 5.43 Å². The number of nitrogens with one attached hydrogen (secondary N) is 1. The van der Waals surface area contributed by atoms with Gasteiger partial charge in [-0.15, -0.1) is 0 Å². The molecule has 0 unspecified atom stereocenters. The summed E-state index contributed by atoms with van der Waals surface area (Å²) in [6.45, 7) is 4.47. The minimum Gasteiger partial charge on any atom is -0.545 e. The van der Waals surface area contributed by atoms with Gasteiger partial charge in [-0.05, 0) is 26.0 Å². The van der Waals surface area contributed by atoms with Crippen LogP contribution in [0, 0.1) is 0 Å². The smallest absolute Gasteiger partial charge is 0.545 e. The van der Waals surface area contributed by atoms with Crippen molar-refractivity contribution in [2.45, 2.75) is 13.8 Å². The Balaban J connectivity index is 0.000000544. The first-order valence-electron chi connectivity index (χ1n) is 8.25.